The first-order valence-electron chi connectivity index (χ1n) is 5.54. The van der Waals surface area contributed by atoms with Crippen molar-refractivity contribution in [1.29, 1.82) is 0 Å². The molecule has 0 aliphatic carbocycles. The summed E-state index contributed by atoms with van der Waals surface area (Å²) < 4.78 is 1.45. The molecule has 0 aromatic carbocycles. The fourth-order valence-electron chi connectivity index (χ4n) is 1.39. The molecule has 2 aromatic heterocycles. The molecule has 0 radical (unpaired) electrons. The third-order valence-corrected chi connectivity index (χ3v) is 3.73. The van der Waals surface area contributed by atoms with Crippen molar-refractivity contribution in [2.45, 2.75) is 23.1 Å². The van der Waals surface area contributed by atoms with Gasteiger partial charge in [0.25, 0.3) is 0 Å². The van der Waals surface area contributed by atoms with Crippen molar-refractivity contribution in [2.75, 3.05) is 7.05 Å². The highest BCUT2D eigenvalue weighted by atomic mass is 32.2. The Morgan fingerprint density at radius 3 is 2.78 bits per heavy atom. The van der Waals surface area contributed by atoms with Crippen molar-refractivity contribution in [1.82, 2.24) is 25.1 Å². The molecule has 2 rings (SSSR count). The van der Waals surface area contributed by atoms with Crippen molar-refractivity contribution in [3.63, 3.8) is 0 Å². The van der Waals surface area contributed by atoms with Gasteiger partial charge in [-0.05, 0) is 37.4 Å². The maximum absolute atomic E-state index is 11.2. The highest BCUT2D eigenvalue weighted by Gasteiger charge is 2.08. The zero-order valence-electron chi connectivity index (χ0n) is 10.5. The van der Waals surface area contributed by atoms with Crippen LogP contribution in [0.2, 0.25) is 0 Å². The summed E-state index contributed by atoms with van der Waals surface area (Å²) >= 11 is 1.35. The van der Waals surface area contributed by atoms with Crippen LogP contribution < -0.4 is 11.0 Å². The van der Waals surface area contributed by atoms with Gasteiger partial charge in [0.05, 0.1) is 0 Å². The molecule has 0 bridgehead atoms. The Kier molecular flexibility index (Phi) is 3.83. The van der Waals surface area contributed by atoms with E-state index in [1.165, 1.54) is 16.3 Å². The maximum atomic E-state index is 11.2. The Hall–Kier alpha value is -1.60. The van der Waals surface area contributed by atoms with Crippen LogP contribution in [0.4, 0.5) is 0 Å². The van der Waals surface area contributed by atoms with Gasteiger partial charge in [0, 0.05) is 19.3 Å². The molecule has 0 aliphatic rings. The Balaban J connectivity index is 2.16. The minimum absolute atomic E-state index is 0.224. The molecule has 0 spiro atoms. The molecule has 2 heterocycles. The summed E-state index contributed by atoms with van der Waals surface area (Å²) in [6, 6.07) is 4.21. The van der Waals surface area contributed by atoms with Gasteiger partial charge in [0.15, 0.2) is 5.16 Å². The van der Waals surface area contributed by atoms with Crippen molar-refractivity contribution in [2.24, 2.45) is 7.05 Å². The number of aromatic nitrogens is 4. The molecule has 2 aromatic rings. The van der Waals surface area contributed by atoms with Crippen molar-refractivity contribution in [3.05, 3.63) is 34.4 Å². The SMILES string of the molecule is CNC(C)c1ccc(Sc2n[nH]c(=O)n2C)nc1. The summed E-state index contributed by atoms with van der Waals surface area (Å²) in [6.45, 7) is 2.07. The average Bonchev–Trinajstić information content (AvgIpc) is 2.71. The second-order valence-corrected chi connectivity index (χ2v) is 4.90. The molecule has 1 unspecified atom stereocenters. The van der Waals surface area contributed by atoms with Gasteiger partial charge in [-0.25, -0.2) is 14.9 Å². The summed E-state index contributed by atoms with van der Waals surface area (Å²) in [6.07, 6.45) is 1.83. The number of hydrogen-bond donors (Lipinski definition) is 2. The Bertz CT molecular complexity index is 574. The average molecular weight is 265 g/mol. The molecule has 2 N–H and O–H groups in total. The van der Waals surface area contributed by atoms with Gasteiger partial charge in [-0.1, -0.05) is 6.07 Å². The van der Waals surface area contributed by atoms with E-state index in [0.29, 0.717) is 5.16 Å². The minimum atomic E-state index is -0.224. The normalized spacial score (nSPS) is 12.6. The molecule has 0 amide bonds. The molecule has 18 heavy (non-hydrogen) atoms. The Morgan fingerprint density at radius 2 is 2.28 bits per heavy atom. The predicted octanol–water partition coefficient (Wildman–Crippen LogP) is 0.935. The molecule has 0 saturated carbocycles. The van der Waals surface area contributed by atoms with Crippen LogP contribution >= 0.6 is 11.8 Å². The smallest absolute Gasteiger partial charge is 0.313 e. The van der Waals surface area contributed by atoms with E-state index >= 15 is 0 Å². The van der Waals surface area contributed by atoms with Crippen LogP contribution in [0.1, 0.15) is 18.5 Å². The van der Waals surface area contributed by atoms with E-state index in [1.54, 1.807) is 7.05 Å². The van der Waals surface area contributed by atoms with Crippen LogP contribution in [0.25, 0.3) is 0 Å². The summed E-state index contributed by atoms with van der Waals surface area (Å²) in [5.41, 5.74) is 0.899. The number of nitrogens with zero attached hydrogens (tertiary/aromatic N) is 3. The molecule has 0 aliphatic heterocycles. The van der Waals surface area contributed by atoms with Gasteiger partial charge in [-0.15, -0.1) is 5.10 Å². The first kappa shape index (κ1) is 12.8. The van der Waals surface area contributed by atoms with Gasteiger partial charge in [-0.3, -0.25) is 4.57 Å². The van der Waals surface area contributed by atoms with Gasteiger partial charge in [0.2, 0.25) is 0 Å². The predicted molar refractivity (Wildman–Crippen MR) is 69.7 cm³/mol. The highest BCUT2D eigenvalue weighted by Crippen LogP contribution is 2.23. The van der Waals surface area contributed by atoms with Crippen LogP contribution in [-0.4, -0.2) is 26.8 Å². The van der Waals surface area contributed by atoms with E-state index in [1.807, 2.05) is 25.4 Å². The molecule has 6 nitrogen and oxygen atoms in total. The largest absolute Gasteiger partial charge is 0.343 e. The quantitative estimate of drug-likeness (QED) is 0.860. The highest BCUT2D eigenvalue weighted by molar-refractivity contribution is 7.99. The van der Waals surface area contributed by atoms with Crippen LogP contribution in [0.3, 0.4) is 0 Å². The lowest BCUT2D eigenvalue weighted by Gasteiger charge is -2.09. The zero-order valence-corrected chi connectivity index (χ0v) is 11.3. The second kappa shape index (κ2) is 5.36. The Morgan fingerprint density at radius 1 is 1.50 bits per heavy atom. The standard InChI is InChI=1S/C11H15N5OS/c1-7(12-2)8-4-5-9(13-6-8)18-11-15-14-10(17)16(11)3/h4-7,12H,1-3H3,(H,14,17). The van der Waals surface area contributed by atoms with Crippen molar-refractivity contribution in [3.8, 4) is 0 Å². The number of H-pyrrole nitrogens is 1. The second-order valence-electron chi connectivity index (χ2n) is 3.91. The van der Waals surface area contributed by atoms with E-state index in [9.17, 15) is 4.79 Å². The van der Waals surface area contributed by atoms with E-state index in [0.717, 1.165) is 10.6 Å². The van der Waals surface area contributed by atoms with E-state index in [2.05, 4.69) is 27.4 Å². The Labute approximate surface area is 109 Å². The van der Waals surface area contributed by atoms with Gasteiger partial charge < -0.3 is 5.32 Å². The van der Waals surface area contributed by atoms with Crippen LogP contribution in [0.5, 0.6) is 0 Å². The lowest BCUT2D eigenvalue weighted by atomic mass is 10.1. The summed E-state index contributed by atoms with van der Waals surface area (Å²) in [5, 5.41) is 10.9. The number of hydrogen-bond acceptors (Lipinski definition) is 5. The lowest BCUT2D eigenvalue weighted by molar-refractivity contribution is 0.648. The maximum Gasteiger partial charge on any atom is 0.343 e. The molecule has 0 fully saturated rings. The van der Waals surface area contributed by atoms with E-state index in [4.69, 9.17) is 0 Å². The molecule has 7 heteroatoms. The third kappa shape index (κ3) is 2.62. The van der Waals surface area contributed by atoms with E-state index < -0.39 is 0 Å². The topological polar surface area (TPSA) is 75.6 Å². The third-order valence-electron chi connectivity index (χ3n) is 2.73. The molecular weight excluding hydrogens is 250 g/mol. The molecule has 96 valence electrons. The molecular formula is C11H15N5OS. The van der Waals surface area contributed by atoms with Gasteiger partial charge >= 0.3 is 5.69 Å². The minimum Gasteiger partial charge on any atom is -0.313 e. The molecule has 1 atom stereocenters. The monoisotopic (exact) mass is 265 g/mol. The van der Waals surface area contributed by atoms with Crippen molar-refractivity contribution >= 4 is 11.8 Å². The van der Waals surface area contributed by atoms with E-state index in [-0.39, 0.29) is 11.7 Å². The van der Waals surface area contributed by atoms with Crippen molar-refractivity contribution < 1.29 is 0 Å². The fourth-order valence-corrected chi connectivity index (χ4v) is 2.13. The van der Waals surface area contributed by atoms with Gasteiger partial charge in [-0.2, -0.15) is 0 Å². The lowest BCUT2D eigenvalue weighted by Crippen LogP contribution is -2.13. The molecule has 0 saturated heterocycles. The van der Waals surface area contributed by atoms with Crippen LogP contribution in [-0.2, 0) is 7.05 Å². The number of pyridine rings is 1. The summed E-state index contributed by atoms with van der Waals surface area (Å²) in [7, 11) is 3.58. The van der Waals surface area contributed by atoms with Crippen LogP contribution in [0.15, 0.2) is 33.3 Å². The zero-order chi connectivity index (χ0) is 13.1. The first-order valence-corrected chi connectivity index (χ1v) is 6.36. The van der Waals surface area contributed by atoms with Crippen LogP contribution in [0, 0.1) is 0 Å². The fraction of sp³-hybridized carbons (Fsp3) is 0.364. The number of rotatable bonds is 4. The number of aromatic amines is 1. The van der Waals surface area contributed by atoms with Gasteiger partial charge in [0.1, 0.15) is 5.03 Å². The first-order chi connectivity index (χ1) is 8.61. The summed E-state index contributed by atoms with van der Waals surface area (Å²) in [4.78, 5) is 15.6. The summed E-state index contributed by atoms with van der Waals surface area (Å²) in [5.74, 6) is 0. The number of nitrogens with one attached hydrogen (secondary N) is 2.